The second-order valence-corrected chi connectivity index (χ2v) is 7.66. The topological polar surface area (TPSA) is 99.3 Å². The second kappa shape index (κ2) is 12.4. The minimum atomic E-state index is -0.875. The molecule has 1 atom stereocenters. The first-order valence-electron chi connectivity index (χ1n) is 10.4. The molecule has 1 saturated heterocycles. The molecule has 2 aromatic rings. The van der Waals surface area contributed by atoms with Crippen LogP contribution in [0.3, 0.4) is 0 Å². The van der Waals surface area contributed by atoms with Gasteiger partial charge in [0, 0.05) is 45.3 Å². The van der Waals surface area contributed by atoms with Crippen LogP contribution in [0.2, 0.25) is 0 Å². The van der Waals surface area contributed by atoms with Crippen LogP contribution >= 0.6 is 24.0 Å². The van der Waals surface area contributed by atoms with Crippen LogP contribution in [0.1, 0.15) is 26.1 Å². The number of aromatic nitrogens is 3. The van der Waals surface area contributed by atoms with Crippen molar-refractivity contribution in [3.8, 4) is 0 Å². The van der Waals surface area contributed by atoms with Crippen LogP contribution in [0.15, 0.2) is 29.4 Å². The largest absolute Gasteiger partial charge is 0.387 e. The molecule has 0 radical (unpaired) electrons. The highest BCUT2D eigenvalue weighted by atomic mass is 127. The van der Waals surface area contributed by atoms with Gasteiger partial charge in [0.25, 0.3) is 0 Å². The Morgan fingerprint density at radius 2 is 2.07 bits per heavy atom. The molecule has 0 aliphatic carbocycles. The van der Waals surface area contributed by atoms with E-state index in [-0.39, 0.29) is 24.0 Å². The predicted octanol–water partition coefficient (Wildman–Crippen LogP) is 0.918. The molecule has 0 spiro atoms. The number of hydrogen-bond acceptors (Lipinski definition) is 6. The number of halogens is 1. The Morgan fingerprint density at radius 3 is 2.83 bits per heavy atom. The maximum atomic E-state index is 10.7. The summed E-state index contributed by atoms with van der Waals surface area (Å²) in [4.78, 5) is 6.81. The Balaban J connectivity index is 0.00000320. The third-order valence-corrected chi connectivity index (χ3v) is 4.84. The van der Waals surface area contributed by atoms with E-state index in [1.165, 1.54) is 0 Å². The van der Waals surface area contributed by atoms with E-state index in [2.05, 4.69) is 30.7 Å². The number of aryl methyl sites for hydroxylation is 1. The summed E-state index contributed by atoms with van der Waals surface area (Å²) in [5.74, 6) is 1.68. The molecule has 30 heavy (non-hydrogen) atoms. The number of guanidine groups is 1. The van der Waals surface area contributed by atoms with Gasteiger partial charge >= 0.3 is 0 Å². The molecule has 1 aliphatic heterocycles. The van der Waals surface area contributed by atoms with Crippen molar-refractivity contribution >= 4 is 35.6 Å². The van der Waals surface area contributed by atoms with Crippen molar-refractivity contribution in [2.75, 3.05) is 52.5 Å². The number of morpholine rings is 1. The van der Waals surface area contributed by atoms with Crippen molar-refractivity contribution in [1.82, 2.24) is 30.1 Å². The van der Waals surface area contributed by atoms with Gasteiger partial charge in [0.2, 0.25) is 0 Å². The maximum Gasteiger partial charge on any atom is 0.191 e. The number of β-amino-alcohol motifs (C(OH)–C–C–N with tert-alkyl or cyclic N) is 1. The molecule has 0 saturated carbocycles. The van der Waals surface area contributed by atoms with Crippen LogP contribution in [-0.2, 0) is 11.2 Å². The standard InChI is InChI=1S/C20H33N7O2.HI/c1-3-21-19(23-15-20(2,28)16-26-11-13-29-14-12-26)22-9-6-8-18-25-24-17-7-4-5-10-27(17)18;/h4-5,7,10,28H,3,6,8-9,11-16H2,1-2H3,(H2,21,22,23);1H. The van der Waals surface area contributed by atoms with Crippen LogP contribution in [-0.4, -0.2) is 88.6 Å². The lowest BCUT2D eigenvalue weighted by molar-refractivity contribution is -0.0179. The highest BCUT2D eigenvalue weighted by Crippen LogP contribution is 2.09. The monoisotopic (exact) mass is 531 g/mol. The van der Waals surface area contributed by atoms with Gasteiger partial charge in [0.1, 0.15) is 5.82 Å². The number of hydrogen-bond donors (Lipinski definition) is 3. The van der Waals surface area contributed by atoms with Crippen molar-refractivity contribution in [2.24, 2.45) is 4.99 Å². The fourth-order valence-electron chi connectivity index (χ4n) is 3.40. The maximum absolute atomic E-state index is 10.7. The molecule has 3 rings (SSSR count). The van der Waals surface area contributed by atoms with Crippen LogP contribution < -0.4 is 10.6 Å². The Hall–Kier alpha value is -1.50. The van der Waals surface area contributed by atoms with E-state index in [1.54, 1.807) is 0 Å². The number of pyridine rings is 1. The lowest BCUT2D eigenvalue weighted by Gasteiger charge is -2.33. The van der Waals surface area contributed by atoms with Gasteiger partial charge in [-0.1, -0.05) is 6.07 Å². The zero-order valence-electron chi connectivity index (χ0n) is 17.9. The SMILES string of the molecule is CCNC(=NCC(C)(O)CN1CCOCC1)NCCCc1nnc2ccccn12.I. The van der Waals surface area contributed by atoms with Gasteiger partial charge in [0.15, 0.2) is 11.6 Å². The van der Waals surface area contributed by atoms with Crippen LogP contribution in [0.5, 0.6) is 0 Å². The van der Waals surface area contributed by atoms with Crippen molar-refractivity contribution in [3.63, 3.8) is 0 Å². The summed E-state index contributed by atoms with van der Waals surface area (Å²) in [6.45, 7) is 9.51. The van der Waals surface area contributed by atoms with E-state index in [4.69, 9.17) is 4.74 Å². The Kier molecular flexibility index (Phi) is 10.2. The summed E-state index contributed by atoms with van der Waals surface area (Å²) < 4.78 is 7.38. The highest BCUT2D eigenvalue weighted by molar-refractivity contribution is 14.0. The molecule has 0 aromatic carbocycles. The van der Waals surface area contributed by atoms with E-state index < -0.39 is 5.60 Å². The van der Waals surface area contributed by atoms with Crippen molar-refractivity contribution < 1.29 is 9.84 Å². The molecule has 2 aromatic heterocycles. The number of nitrogens with one attached hydrogen (secondary N) is 2. The average Bonchev–Trinajstić information content (AvgIpc) is 3.13. The smallest absolute Gasteiger partial charge is 0.191 e. The first-order valence-corrected chi connectivity index (χ1v) is 10.4. The van der Waals surface area contributed by atoms with Gasteiger partial charge in [0.05, 0.1) is 25.4 Å². The minimum Gasteiger partial charge on any atom is -0.387 e. The number of nitrogens with zero attached hydrogens (tertiary/aromatic N) is 5. The van der Waals surface area contributed by atoms with Crippen LogP contribution in [0.25, 0.3) is 5.65 Å². The zero-order valence-corrected chi connectivity index (χ0v) is 20.2. The minimum absolute atomic E-state index is 0. The number of aliphatic imine (C=N–C) groups is 1. The molecule has 1 fully saturated rings. The Labute approximate surface area is 195 Å². The highest BCUT2D eigenvalue weighted by Gasteiger charge is 2.25. The summed E-state index contributed by atoms with van der Waals surface area (Å²) in [6.07, 6.45) is 3.72. The van der Waals surface area contributed by atoms with E-state index in [9.17, 15) is 5.11 Å². The van der Waals surface area contributed by atoms with Gasteiger partial charge in [-0.2, -0.15) is 0 Å². The molecular formula is C20H34IN7O2. The number of fused-ring (bicyclic) bond motifs is 1. The summed E-state index contributed by atoms with van der Waals surface area (Å²) in [6, 6.07) is 5.90. The second-order valence-electron chi connectivity index (χ2n) is 7.66. The summed E-state index contributed by atoms with van der Waals surface area (Å²) in [5, 5.41) is 25.8. The number of ether oxygens (including phenoxy) is 1. The average molecular weight is 531 g/mol. The van der Waals surface area contributed by atoms with E-state index in [0.717, 1.165) is 69.7 Å². The van der Waals surface area contributed by atoms with E-state index in [0.29, 0.717) is 13.1 Å². The molecule has 3 heterocycles. The van der Waals surface area contributed by atoms with Crippen LogP contribution in [0, 0.1) is 0 Å². The lowest BCUT2D eigenvalue weighted by atomic mass is 10.1. The molecule has 3 N–H and O–H groups in total. The molecule has 0 amide bonds. The van der Waals surface area contributed by atoms with Gasteiger partial charge in [-0.25, -0.2) is 0 Å². The lowest BCUT2D eigenvalue weighted by Crippen LogP contribution is -2.48. The van der Waals surface area contributed by atoms with Gasteiger partial charge in [-0.05, 0) is 32.4 Å². The Morgan fingerprint density at radius 1 is 1.27 bits per heavy atom. The molecule has 168 valence electrons. The van der Waals surface area contributed by atoms with E-state index >= 15 is 0 Å². The molecular weight excluding hydrogens is 497 g/mol. The number of aliphatic hydroxyl groups is 1. The number of rotatable bonds is 9. The third-order valence-electron chi connectivity index (χ3n) is 4.84. The van der Waals surface area contributed by atoms with E-state index in [1.807, 2.05) is 42.6 Å². The fraction of sp³-hybridized carbons (Fsp3) is 0.650. The Bertz CT molecular complexity index is 790. The normalized spacial score (nSPS) is 17.4. The molecule has 0 bridgehead atoms. The fourth-order valence-corrected chi connectivity index (χ4v) is 3.40. The molecule has 1 unspecified atom stereocenters. The van der Waals surface area contributed by atoms with Gasteiger partial charge < -0.3 is 20.5 Å². The van der Waals surface area contributed by atoms with Crippen molar-refractivity contribution in [2.45, 2.75) is 32.3 Å². The summed E-state index contributed by atoms with van der Waals surface area (Å²) >= 11 is 0. The van der Waals surface area contributed by atoms with Gasteiger partial charge in [-0.15, -0.1) is 34.2 Å². The predicted molar refractivity (Wildman–Crippen MR) is 129 cm³/mol. The zero-order chi connectivity index (χ0) is 20.5. The summed E-state index contributed by atoms with van der Waals surface area (Å²) in [7, 11) is 0. The van der Waals surface area contributed by atoms with Crippen molar-refractivity contribution in [1.29, 1.82) is 0 Å². The first-order chi connectivity index (χ1) is 14.1. The molecule has 1 aliphatic rings. The van der Waals surface area contributed by atoms with Crippen LogP contribution in [0.4, 0.5) is 0 Å². The van der Waals surface area contributed by atoms with Crippen molar-refractivity contribution in [3.05, 3.63) is 30.2 Å². The summed E-state index contributed by atoms with van der Waals surface area (Å²) in [5.41, 5.74) is -0.00649. The first kappa shape index (κ1) is 24.8. The molecule has 9 nitrogen and oxygen atoms in total. The third kappa shape index (κ3) is 7.64. The quantitative estimate of drug-likeness (QED) is 0.192. The van der Waals surface area contributed by atoms with Gasteiger partial charge in [-0.3, -0.25) is 14.3 Å². The molecule has 10 heteroatoms.